The van der Waals surface area contributed by atoms with Gasteiger partial charge in [-0.1, -0.05) is 27.7 Å². The zero-order chi connectivity index (χ0) is 9.28. The maximum absolute atomic E-state index is 9.74. The lowest BCUT2D eigenvalue weighted by atomic mass is 10.2. The van der Waals surface area contributed by atoms with E-state index in [-0.39, 0.29) is 11.8 Å². The first-order chi connectivity index (χ1) is 5.08. The second-order valence-corrected chi connectivity index (χ2v) is 2.90. The summed E-state index contributed by atoms with van der Waals surface area (Å²) in [6.45, 7) is 7.62. The van der Waals surface area contributed by atoms with Gasteiger partial charge in [0, 0.05) is 11.8 Å². The van der Waals surface area contributed by atoms with E-state index in [0.717, 1.165) is 19.0 Å². The van der Waals surface area contributed by atoms with E-state index < -0.39 is 0 Å². The van der Waals surface area contributed by atoms with Crippen molar-refractivity contribution in [1.82, 2.24) is 0 Å². The second-order valence-electron chi connectivity index (χ2n) is 2.90. The highest BCUT2D eigenvalue weighted by atomic mass is 16.1. The van der Waals surface area contributed by atoms with E-state index in [4.69, 9.17) is 0 Å². The van der Waals surface area contributed by atoms with Crippen LogP contribution in [0.3, 0.4) is 0 Å². The van der Waals surface area contributed by atoms with Crippen molar-refractivity contribution in [1.29, 1.82) is 0 Å². The highest BCUT2D eigenvalue weighted by Crippen LogP contribution is 1.91. The van der Waals surface area contributed by atoms with E-state index in [1.165, 1.54) is 0 Å². The van der Waals surface area contributed by atoms with E-state index in [0.29, 0.717) is 0 Å². The Morgan fingerprint density at radius 1 is 1.09 bits per heavy atom. The summed E-state index contributed by atoms with van der Waals surface area (Å²) in [6, 6.07) is 0. The van der Waals surface area contributed by atoms with Crippen LogP contribution in [0.2, 0.25) is 0 Å². The molecule has 0 aromatic heterocycles. The number of rotatable bonds is 3. The molecule has 0 aliphatic carbocycles. The molecule has 0 N–H and O–H groups in total. The third-order valence-corrected chi connectivity index (χ3v) is 1.15. The van der Waals surface area contributed by atoms with Gasteiger partial charge in [0.15, 0.2) is 0 Å². The normalized spacial score (nSPS) is 11.4. The van der Waals surface area contributed by atoms with Crippen LogP contribution in [0.5, 0.6) is 0 Å². The number of hydrogen-bond acceptors (Lipinski definition) is 2. The molecule has 2 nitrogen and oxygen atoms in total. The van der Waals surface area contributed by atoms with Gasteiger partial charge in [-0.3, -0.25) is 0 Å². The maximum atomic E-state index is 9.74. The lowest BCUT2D eigenvalue weighted by Crippen LogP contribution is -1.89. The molecule has 2 heteroatoms. The molecule has 0 radical (unpaired) electrons. The average molecular weight is 158 g/mol. The SMILES string of the molecule is CC(C)C=O.CCC(C)C=O. The van der Waals surface area contributed by atoms with Gasteiger partial charge in [0.1, 0.15) is 12.6 Å². The first-order valence-electron chi connectivity index (χ1n) is 3.99. The van der Waals surface area contributed by atoms with Crippen LogP contribution in [0.4, 0.5) is 0 Å². The predicted octanol–water partition coefficient (Wildman–Crippen LogP) is 2.07. The van der Waals surface area contributed by atoms with Gasteiger partial charge in [-0.25, -0.2) is 0 Å². The molecule has 0 saturated carbocycles. The van der Waals surface area contributed by atoms with E-state index in [2.05, 4.69) is 0 Å². The molecule has 0 aliphatic rings. The van der Waals surface area contributed by atoms with Crippen molar-refractivity contribution in [2.24, 2.45) is 11.8 Å². The summed E-state index contributed by atoms with van der Waals surface area (Å²) < 4.78 is 0. The minimum Gasteiger partial charge on any atom is -0.303 e. The van der Waals surface area contributed by atoms with E-state index in [1.54, 1.807) is 0 Å². The van der Waals surface area contributed by atoms with Crippen molar-refractivity contribution < 1.29 is 9.59 Å². The van der Waals surface area contributed by atoms with Crippen LogP contribution in [0, 0.1) is 11.8 Å². The summed E-state index contributed by atoms with van der Waals surface area (Å²) in [5, 5.41) is 0. The molecule has 1 atom stereocenters. The van der Waals surface area contributed by atoms with Gasteiger partial charge in [-0.05, 0) is 6.42 Å². The Morgan fingerprint density at radius 3 is 1.45 bits per heavy atom. The largest absolute Gasteiger partial charge is 0.303 e. The first kappa shape index (κ1) is 13.0. The lowest BCUT2D eigenvalue weighted by Gasteiger charge is -1.89. The van der Waals surface area contributed by atoms with Crippen molar-refractivity contribution in [3.05, 3.63) is 0 Å². The Kier molecular flexibility index (Phi) is 11.0. The molecule has 66 valence electrons. The highest BCUT2D eigenvalue weighted by Gasteiger charge is 1.89. The predicted molar refractivity (Wildman–Crippen MR) is 46.4 cm³/mol. The molecule has 0 bridgehead atoms. The van der Waals surface area contributed by atoms with Crippen molar-refractivity contribution in [2.75, 3.05) is 0 Å². The molecule has 0 saturated heterocycles. The van der Waals surface area contributed by atoms with Gasteiger partial charge >= 0.3 is 0 Å². The Balaban J connectivity index is 0. The van der Waals surface area contributed by atoms with Gasteiger partial charge in [0.05, 0.1) is 0 Å². The molecular formula is C9H18O2. The molecule has 1 unspecified atom stereocenters. The molecule has 0 rings (SSSR count). The molecule has 0 aromatic carbocycles. The van der Waals surface area contributed by atoms with Gasteiger partial charge in [-0.2, -0.15) is 0 Å². The molecule has 0 fully saturated rings. The van der Waals surface area contributed by atoms with Crippen LogP contribution in [-0.2, 0) is 9.59 Å². The van der Waals surface area contributed by atoms with Crippen LogP contribution in [0.1, 0.15) is 34.1 Å². The first-order valence-corrected chi connectivity index (χ1v) is 3.99. The summed E-state index contributed by atoms with van der Waals surface area (Å²) in [4.78, 5) is 19.2. The smallest absolute Gasteiger partial charge is 0.122 e. The van der Waals surface area contributed by atoms with Gasteiger partial charge in [0.2, 0.25) is 0 Å². The fraction of sp³-hybridized carbons (Fsp3) is 0.778. The fourth-order valence-corrected chi connectivity index (χ4v) is 0.0962. The van der Waals surface area contributed by atoms with Crippen molar-refractivity contribution in [3.63, 3.8) is 0 Å². The third-order valence-electron chi connectivity index (χ3n) is 1.15. The Morgan fingerprint density at radius 2 is 1.45 bits per heavy atom. The second kappa shape index (κ2) is 9.34. The number of hydrogen-bond donors (Lipinski definition) is 0. The molecule has 0 aliphatic heterocycles. The van der Waals surface area contributed by atoms with E-state index in [9.17, 15) is 9.59 Å². The third kappa shape index (κ3) is 17.6. The molecule has 0 heterocycles. The Bertz CT molecular complexity index is 97.7. The minimum atomic E-state index is 0.204. The monoisotopic (exact) mass is 158 g/mol. The fourth-order valence-electron chi connectivity index (χ4n) is 0.0962. The zero-order valence-electron chi connectivity index (χ0n) is 7.83. The topological polar surface area (TPSA) is 34.1 Å². The summed E-state index contributed by atoms with van der Waals surface area (Å²) >= 11 is 0. The van der Waals surface area contributed by atoms with E-state index >= 15 is 0 Å². The Hall–Kier alpha value is -0.660. The van der Waals surface area contributed by atoms with Gasteiger partial charge in [-0.15, -0.1) is 0 Å². The standard InChI is InChI=1S/C5H10O.C4H8O/c1-3-5(2)4-6;1-4(2)3-5/h4-5H,3H2,1-2H3;3-4H,1-2H3. The van der Waals surface area contributed by atoms with Crippen LogP contribution in [-0.4, -0.2) is 12.6 Å². The molecule has 11 heavy (non-hydrogen) atoms. The molecular weight excluding hydrogens is 140 g/mol. The van der Waals surface area contributed by atoms with Gasteiger partial charge < -0.3 is 9.59 Å². The summed E-state index contributed by atoms with van der Waals surface area (Å²) in [7, 11) is 0. The summed E-state index contributed by atoms with van der Waals surface area (Å²) in [5.74, 6) is 0.458. The van der Waals surface area contributed by atoms with Crippen molar-refractivity contribution in [2.45, 2.75) is 34.1 Å². The molecule has 0 amide bonds. The number of carbonyl (C=O) groups excluding carboxylic acids is 2. The van der Waals surface area contributed by atoms with E-state index in [1.807, 2.05) is 27.7 Å². The molecule has 0 aromatic rings. The van der Waals surface area contributed by atoms with Crippen LogP contribution in [0.15, 0.2) is 0 Å². The summed E-state index contributed by atoms with van der Waals surface area (Å²) in [6.07, 6.45) is 2.85. The van der Waals surface area contributed by atoms with Crippen LogP contribution in [0.25, 0.3) is 0 Å². The average Bonchev–Trinajstić information content (AvgIpc) is 2.04. The maximum Gasteiger partial charge on any atom is 0.122 e. The quantitative estimate of drug-likeness (QED) is 0.589. The lowest BCUT2D eigenvalue weighted by molar-refractivity contribution is -0.111. The van der Waals surface area contributed by atoms with Crippen LogP contribution < -0.4 is 0 Å². The summed E-state index contributed by atoms with van der Waals surface area (Å²) in [5.41, 5.74) is 0. The van der Waals surface area contributed by atoms with Crippen molar-refractivity contribution >= 4 is 12.6 Å². The number of aldehydes is 2. The van der Waals surface area contributed by atoms with Crippen molar-refractivity contribution in [3.8, 4) is 0 Å². The zero-order valence-corrected chi connectivity index (χ0v) is 7.83. The number of carbonyl (C=O) groups is 2. The molecule has 0 spiro atoms. The van der Waals surface area contributed by atoms with Gasteiger partial charge in [0.25, 0.3) is 0 Å². The Labute approximate surface area is 69.0 Å². The van der Waals surface area contributed by atoms with Crippen LogP contribution >= 0.6 is 0 Å². The highest BCUT2D eigenvalue weighted by molar-refractivity contribution is 5.52. The minimum absolute atomic E-state index is 0.204.